The molecule has 1 amide bonds. The van der Waals surface area contributed by atoms with Gasteiger partial charge < -0.3 is 4.74 Å². The molecule has 168 valence electrons. The molecule has 0 aliphatic rings. The van der Waals surface area contributed by atoms with Crippen molar-refractivity contribution < 1.29 is 9.53 Å². The molecule has 0 saturated carbocycles. The zero-order chi connectivity index (χ0) is 23.5. The Morgan fingerprint density at radius 1 is 1.12 bits per heavy atom. The summed E-state index contributed by atoms with van der Waals surface area (Å²) in [5.74, 6) is 0.249. The van der Waals surface area contributed by atoms with Crippen LogP contribution in [0.3, 0.4) is 0 Å². The molecule has 2 aromatic carbocycles. The third kappa shape index (κ3) is 4.99. The Hall–Kier alpha value is -3.61. The summed E-state index contributed by atoms with van der Waals surface area (Å²) in [6.45, 7) is 10.1. The number of hydrogen-bond acceptors (Lipinski definition) is 4. The van der Waals surface area contributed by atoms with E-state index in [4.69, 9.17) is 4.74 Å². The normalized spacial score (nSPS) is 11.7. The third-order valence-electron chi connectivity index (χ3n) is 5.38. The number of hydrazone groups is 1. The van der Waals surface area contributed by atoms with Crippen LogP contribution >= 0.6 is 0 Å². The lowest BCUT2D eigenvalue weighted by atomic mass is 9.86. The van der Waals surface area contributed by atoms with Crippen LogP contribution in [0.2, 0.25) is 0 Å². The molecule has 7 nitrogen and oxygen atoms in total. The van der Waals surface area contributed by atoms with Crippen LogP contribution in [0.15, 0.2) is 58.4 Å². The maximum absolute atomic E-state index is 12.8. The molecule has 0 saturated heterocycles. The molecule has 1 N–H and O–H groups in total. The molecule has 0 aliphatic carbocycles. The maximum Gasteiger partial charge on any atom is 0.280 e. The molecule has 0 spiro atoms. The second-order valence-corrected chi connectivity index (χ2v) is 8.79. The summed E-state index contributed by atoms with van der Waals surface area (Å²) in [6, 6.07) is 15.3. The predicted molar refractivity (Wildman–Crippen MR) is 127 cm³/mol. The van der Waals surface area contributed by atoms with Crippen molar-refractivity contribution in [2.24, 2.45) is 12.1 Å². The summed E-state index contributed by atoms with van der Waals surface area (Å²) in [7, 11) is 1.81. The summed E-state index contributed by atoms with van der Waals surface area (Å²) in [6.07, 6.45) is 1.37. The standard InChI is InChI=1S/C25H30N4O3/c1-17-14-19(25(3,4)5)12-13-22(17)32-16-23(30)27-26-15-21-18(2)28(6)29(24(21)31)20-10-8-7-9-11-20/h7-15H,16H2,1-6H3,(H,27,30)/b26-15-. The summed E-state index contributed by atoms with van der Waals surface area (Å²) < 4.78 is 8.96. The lowest BCUT2D eigenvalue weighted by molar-refractivity contribution is -0.123. The number of aromatic nitrogens is 2. The Bertz CT molecular complexity index is 1200. The Morgan fingerprint density at radius 2 is 1.81 bits per heavy atom. The average molecular weight is 435 g/mol. The van der Waals surface area contributed by atoms with Gasteiger partial charge >= 0.3 is 0 Å². The second kappa shape index (κ2) is 9.26. The quantitative estimate of drug-likeness (QED) is 0.475. The van der Waals surface area contributed by atoms with Crippen molar-refractivity contribution in [3.63, 3.8) is 0 Å². The van der Waals surface area contributed by atoms with E-state index in [1.807, 2.05) is 56.3 Å². The third-order valence-corrected chi connectivity index (χ3v) is 5.38. The number of benzene rings is 2. The van der Waals surface area contributed by atoms with Crippen molar-refractivity contribution in [3.05, 3.63) is 81.3 Å². The molecule has 1 heterocycles. The van der Waals surface area contributed by atoms with Gasteiger partial charge in [-0.2, -0.15) is 5.10 Å². The van der Waals surface area contributed by atoms with Gasteiger partial charge in [0.1, 0.15) is 5.75 Å². The highest BCUT2D eigenvalue weighted by atomic mass is 16.5. The number of amides is 1. The van der Waals surface area contributed by atoms with Gasteiger partial charge in [0.05, 0.1) is 17.5 Å². The van der Waals surface area contributed by atoms with Gasteiger partial charge in [-0.15, -0.1) is 0 Å². The maximum atomic E-state index is 12.8. The molecule has 3 rings (SSSR count). The number of carbonyl (C=O) groups is 1. The van der Waals surface area contributed by atoms with Crippen molar-refractivity contribution in [3.8, 4) is 11.4 Å². The summed E-state index contributed by atoms with van der Waals surface area (Å²) in [4.78, 5) is 25.0. The van der Waals surface area contributed by atoms with Gasteiger partial charge in [-0.3, -0.25) is 14.3 Å². The van der Waals surface area contributed by atoms with Crippen LogP contribution < -0.4 is 15.7 Å². The monoisotopic (exact) mass is 434 g/mol. The van der Waals surface area contributed by atoms with Gasteiger partial charge in [0.15, 0.2) is 6.61 Å². The minimum atomic E-state index is -0.405. The zero-order valence-corrected chi connectivity index (χ0v) is 19.5. The number of carbonyl (C=O) groups excluding carboxylic acids is 1. The predicted octanol–water partition coefficient (Wildman–Crippen LogP) is 3.62. The first-order valence-electron chi connectivity index (χ1n) is 10.5. The number of hydrogen-bond donors (Lipinski definition) is 1. The van der Waals surface area contributed by atoms with E-state index in [1.54, 1.807) is 16.4 Å². The lowest BCUT2D eigenvalue weighted by Gasteiger charge is -2.20. The Morgan fingerprint density at radius 3 is 2.44 bits per heavy atom. The molecule has 1 aromatic heterocycles. The first-order chi connectivity index (χ1) is 15.1. The van der Waals surface area contributed by atoms with Crippen LogP contribution in [0.1, 0.15) is 43.2 Å². The first-order valence-corrected chi connectivity index (χ1v) is 10.5. The van der Waals surface area contributed by atoms with Crippen molar-refractivity contribution >= 4 is 12.1 Å². The molecule has 0 bridgehead atoms. The molecule has 0 radical (unpaired) electrons. The molecule has 7 heteroatoms. The Balaban J connectivity index is 1.65. The van der Waals surface area contributed by atoms with E-state index in [0.29, 0.717) is 11.3 Å². The van der Waals surface area contributed by atoms with Crippen LogP contribution in [-0.2, 0) is 17.3 Å². The van der Waals surface area contributed by atoms with Crippen molar-refractivity contribution in [2.45, 2.75) is 40.0 Å². The molecular formula is C25H30N4O3. The Labute approximate surface area is 188 Å². The molecule has 0 aliphatic heterocycles. The highest BCUT2D eigenvalue weighted by Gasteiger charge is 2.16. The number of para-hydroxylation sites is 1. The minimum absolute atomic E-state index is 0.0457. The van der Waals surface area contributed by atoms with E-state index in [1.165, 1.54) is 11.8 Å². The SMILES string of the molecule is Cc1cc(C(C)(C)C)ccc1OCC(=O)N/N=C\c1c(C)n(C)n(-c2ccccc2)c1=O. The van der Waals surface area contributed by atoms with E-state index in [0.717, 1.165) is 16.9 Å². The molecule has 0 atom stereocenters. The summed E-state index contributed by atoms with van der Waals surface area (Å²) >= 11 is 0. The van der Waals surface area contributed by atoms with Gasteiger partial charge in [0.2, 0.25) is 0 Å². The van der Waals surface area contributed by atoms with Crippen molar-refractivity contribution in [2.75, 3.05) is 6.61 Å². The van der Waals surface area contributed by atoms with Gasteiger partial charge in [-0.05, 0) is 48.6 Å². The molecule has 0 unspecified atom stereocenters. The van der Waals surface area contributed by atoms with E-state index in [2.05, 4.69) is 37.4 Å². The average Bonchev–Trinajstić information content (AvgIpc) is 2.95. The van der Waals surface area contributed by atoms with Crippen LogP contribution in [-0.4, -0.2) is 28.1 Å². The minimum Gasteiger partial charge on any atom is -0.483 e. The van der Waals surface area contributed by atoms with Crippen LogP contribution in [0.25, 0.3) is 5.69 Å². The number of aryl methyl sites for hydroxylation is 1. The second-order valence-electron chi connectivity index (χ2n) is 8.79. The topological polar surface area (TPSA) is 77.6 Å². The first kappa shape index (κ1) is 23.1. The zero-order valence-electron chi connectivity index (χ0n) is 19.5. The van der Waals surface area contributed by atoms with Gasteiger partial charge in [-0.25, -0.2) is 10.1 Å². The van der Waals surface area contributed by atoms with Crippen molar-refractivity contribution in [1.29, 1.82) is 0 Å². The Kier molecular flexibility index (Phi) is 6.67. The van der Waals surface area contributed by atoms with E-state index in [-0.39, 0.29) is 17.6 Å². The van der Waals surface area contributed by atoms with Gasteiger partial charge in [0.25, 0.3) is 11.5 Å². The number of ether oxygens (including phenoxy) is 1. The van der Waals surface area contributed by atoms with Gasteiger partial charge in [0, 0.05) is 12.7 Å². The van der Waals surface area contributed by atoms with Crippen LogP contribution in [0, 0.1) is 13.8 Å². The van der Waals surface area contributed by atoms with Gasteiger partial charge in [-0.1, -0.05) is 51.1 Å². The number of rotatable bonds is 6. The summed E-state index contributed by atoms with van der Waals surface area (Å²) in [5, 5.41) is 3.96. The van der Waals surface area contributed by atoms with E-state index in [9.17, 15) is 9.59 Å². The largest absolute Gasteiger partial charge is 0.483 e. The smallest absolute Gasteiger partial charge is 0.280 e. The van der Waals surface area contributed by atoms with Crippen LogP contribution in [0.5, 0.6) is 5.75 Å². The van der Waals surface area contributed by atoms with Crippen LogP contribution in [0.4, 0.5) is 0 Å². The molecular weight excluding hydrogens is 404 g/mol. The van der Waals surface area contributed by atoms with Crippen molar-refractivity contribution in [1.82, 2.24) is 14.8 Å². The number of nitrogens with one attached hydrogen (secondary N) is 1. The highest BCUT2D eigenvalue weighted by molar-refractivity contribution is 5.83. The number of nitrogens with zero attached hydrogens (tertiary/aromatic N) is 3. The molecule has 3 aromatic rings. The highest BCUT2D eigenvalue weighted by Crippen LogP contribution is 2.27. The fourth-order valence-corrected chi connectivity index (χ4v) is 3.36. The fourth-order valence-electron chi connectivity index (χ4n) is 3.36. The molecule has 32 heavy (non-hydrogen) atoms. The molecule has 0 fully saturated rings. The summed E-state index contributed by atoms with van der Waals surface area (Å²) in [5.41, 5.74) is 6.34. The van der Waals surface area contributed by atoms with E-state index >= 15 is 0 Å². The lowest BCUT2D eigenvalue weighted by Crippen LogP contribution is -2.25. The van der Waals surface area contributed by atoms with E-state index < -0.39 is 5.91 Å². The fraction of sp³-hybridized carbons (Fsp3) is 0.320.